The molecule has 1 aromatic carbocycles. The van der Waals surface area contributed by atoms with Crippen LogP contribution in [0.4, 0.5) is 0 Å². The van der Waals surface area contributed by atoms with Gasteiger partial charge in [0.05, 0.1) is 12.0 Å². The largest absolute Gasteiger partial charge is 0.550 e. The first-order chi connectivity index (χ1) is 10.0. The second-order valence-electron chi connectivity index (χ2n) is 4.23. The molecule has 0 saturated carbocycles. The van der Waals surface area contributed by atoms with Crippen LogP contribution in [0.1, 0.15) is 12.0 Å². The normalized spacial score (nSPS) is 16.6. The summed E-state index contributed by atoms with van der Waals surface area (Å²) < 4.78 is 5.43. The summed E-state index contributed by atoms with van der Waals surface area (Å²) in [5, 5.41) is 10.5. The Morgan fingerprint density at radius 2 is 2.10 bits per heavy atom. The van der Waals surface area contributed by atoms with E-state index in [-0.39, 0.29) is 18.9 Å². The van der Waals surface area contributed by atoms with Gasteiger partial charge in [-0.25, -0.2) is 0 Å². The fourth-order valence-corrected chi connectivity index (χ4v) is 3.06. The van der Waals surface area contributed by atoms with Crippen molar-refractivity contribution in [3.8, 4) is 5.75 Å². The molecule has 0 unspecified atom stereocenters. The zero-order valence-corrected chi connectivity index (χ0v) is 12.8. The van der Waals surface area contributed by atoms with Crippen LogP contribution in [0.5, 0.6) is 5.75 Å². The van der Waals surface area contributed by atoms with E-state index in [1.54, 1.807) is 25.3 Å². The second kappa shape index (κ2) is 6.73. The number of benzene rings is 1. The maximum absolute atomic E-state index is 12.2. The van der Waals surface area contributed by atoms with Crippen molar-refractivity contribution in [2.45, 2.75) is 6.42 Å². The summed E-state index contributed by atoms with van der Waals surface area (Å²) in [4.78, 5) is 24.4. The van der Waals surface area contributed by atoms with Crippen LogP contribution in [-0.2, 0) is 9.59 Å². The van der Waals surface area contributed by atoms with E-state index in [1.165, 1.54) is 4.90 Å². The van der Waals surface area contributed by atoms with Gasteiger partial charge in [-0.2, -0.15) is 0 Å². The number of carbonyl (C=O) groups excluding carboxylic acids is 2. The van der Waals surface area contributed by atoms with Gasteiger partial charge in [0.15, 0.2) is 0 Å². The second-order valence-corrected chi connectivity index (χ2v) is 5.90. The number of hydrogen-bond donors (Lipinski definition) is 0. The quantitative estimate of drug-likeness (QED) is 0.596. The number of thioether (sulfide) groups is 1. The molecule has 2 rings (SSSR count). The molecule has 1 amide bonds. The molecule has 0 aliphatic carbocycles. The molecular formula is C14H12NO4S2-. The molecule has 1 aliphatic heterocycles. The van der Waals surface area contributed by atoms with Gasteiger partial charge in [0.25, 0.3) is 5.91 Å². The van der Waals surface area contributed by atoms with Crippen LogP contribution < -0.4 is 9.84 Å². The fourth-order valence-electron chi connectivity index (χ4n) is 1.75. The van der Waals surface area contributed by atoms with Gasteiger partial charge in [-0.15, -0.1) is 0 Å². The van der Waals surface area contributed by atoms with Gasteiger partial charge < -0.3 is 14.6 Å². The van der Waals surface area contributed by atoms with Crippen molar-refractivity contribution in [2.75, 3.05) is 13.7 Å². The van der Waals surface area contributed by atoms with E-state index >= 15 is 0 Å². The number of amides is 1. The maximum atomic E-state index is 12.2. The van der Waals surface area contributed by atoms with Gasteiger partial charge in [-0.3, -0.25) is 9.69 Å². The average molecular weight is 322 g/mol. The Morgan fingerprint density at radius 3 is 2.67 bits per heavy atom. The van der Waals surface area contributed by atoms with Crippen LogP contribution in [0.15, 0.2) is 29.2 Å². The first-order valence-corrected chi connectivity index (χ1v) is 7.33. The van der Waals surface area contributed by atoms with Crippen LogP contribution in [0.3, 0.4) is 0 Å². The number of rotatable bonds is 5. The monoisotopic (exact) mass is 322 g/mol. The number of carboxylic acid groups (broad SMARTS) is 1. The minimum Gasteiger partial charge on any atom is -0.550 e. The fraction of sp³-hybridized carbons (Fsp3) is 0.214. The molecule has 0 N–H and O–H groups in total. The number of thiocarbonyl (C=S) groups is 1. The molecule has 5 nitrogen and oxygen atoms in total. The molecule has 0 radical (unpaired) electrons. The van der Waals surface area contributed by atoms with E-state index in [1.807, 2.05) is 12.1 Å². The molecule has 1 fully saturated rings. The van der Waals surface area contributed by atoms with Crippen molar-refractivity contribution in [3.05, 3.63) is 34.7 Å². The Balaban J connectivity index is 2.13. The van der Waals surface area contributed by atoms with Crippen molar-refractivity contribution in [2.24, 2.45) is 0 Å². The highest BCUT2D eigenvalue weighted by atomic mass is 32.2. The molecule has 0 aromatic heterocycles. The molecule has 1 aromatic rings. The van der Waals surface area contributed by atoms with Crippen molar-refractivity contribution in [3.63, 3.8) is 0 Å². The molecule has 1 saturated heterocycles. The molecule has 0 atom stereocenters. The third-order valence-corrected chi connectivity index (χ3v) is 4.20. The first-order valence-electron chi connectivity index (χ1n) is 6.10. The summed E-state index contributed by atoms with van der Waals surface area (Å²) in [6.45, 7) is 0.0347. The Morgan fingerprint density at radius 1 is 1.43 bits per heavy atom. The highest BCUT2D eigenvalue weighted by Gasteiger charge is 2.31. The van der Waals surface area contributed by atoms with Crippen LogP contribution in [0.2, 0.25) is 0 Å². The molecule has 110 valence electrons. The molecule has 0 bridgehead atoms. The number of methoxy groups -OCH3 is 1. The van der Waals surface area contributed by atoms with E-state index in [0.29, 0.717) is 9.23 Å². The summed E-state index contributed by atoms with van der Waals surface area (Å²) in [7, 11) is 1.58. The lowest BCUT2D eigenvalue weighted by atomic mass is 10.2. The Kier molecular flexibility index (Phi) is 4.98. The lowest BCUT2D eigenvalue weighted by Gasteiger charge is -2.14. The number of aliphatic carboxylic acids is 1. The van der Waals surface area contributed by atoms with Crippen molar-refractivity contribution in [1.29, 1.82) is 0 Å². The van der Waals surface area contributed by atoms with Crippen LogP contribution in [0, 0.1) is 0 Å². The molecular weight excluding hydrogens is 310 g/mol. The van der Waals surface area contributed by atoms with Gasteiger partial charge in [0.2, 0.25) is 0 Å². The number of ether oxygens (including phenoxy) is 1. The SMILES string of the molecule is COc1ccc(/C=C2/SC(=S)N(CCC(=O)[O-])C2=O)cc1. The number of carbonyl (C=O) groups is 2. The van der Waals surface area contributed by atoms with Gasteiger partial charge >= 0.3 is 0 Å². The minimum absolute atomic E-state index is 0.0347. The standard InChI is InChI=1S/C14H13NO4S2/c1-19-10-4-2-9(3-5-10)8-11-13(18)15(14(20)21-11)7-6-12(16)17/h2-5,8H,6-7H2,1H3,(H,16,17)/p-1/b11-8+. The van der Waals surface area contributed by atoms with Gasteiger partial charge in [-0.1, -0.05) is 36.1 Å². The highest BCUT2D eigenvalue weighted by Crippen LogP contribution is 2.32. The van der Waals surface area contributed by atoms with Gasteiger partial charge in [0.1, 0.15) is 10.1 Å². The van der Waals surface area contributed by atoms with Gasteiger partial charge in [0, 0.05) is 18.9 Å². The number of carboxylic acids is 1. The molecule has 7 heteroatoms. The Labute approximate surface area is 131 Å². The summed E-state index contributed by atoms with van der Waals surface area (Å²) in [6.07, 6.45) is 1.49. The predicted molar refractivity (Wildman–Crippen MR) is 82.5 cm³/mol. The van der Waals surface area contributed by atoms with Crippen LogP contribution >= 0.6 is 24.0 Å². The van der Waals surface area contributed by atoms with Crippen molar-refractivity contribution < 1.29 is 19.4 Å². The highest BCUT2D eigenvalue weighted by molar-refractivity contribution is 8.26. The third kappa shape index (κ3) is 3.83. The van der Waals surface area contributed by atoms with E-state index < -0.39 is 5.97 Å². The minimum atomic E-state index is -1.21. The zero-order chi connectivity index (χ0) is 15.4. The smallest absolute Gasteiger partial charge is 0.266 e. The third-order valence-electron chi connectivity index (χ3n) is 2.83. The first kappa shape index (κ1) is 15.5. The maximum Gasteiger partial charge on any atom is 0.266 e. The number of nitrogens with zero attached hydrogens (tertiary/aromatic N) is 1. The Bertz CT molecular complexity index is 610. The summed E-state index contributed by atoms with van der Waals surface area (Å²) >= 11 is 6.26. The zero-order valence-electron chi connectivity index (χ0n) is 11.2. The summed E-state index contributed by atoms with van der Waals surface area (Å²) in [6, 6.07) is 7.24. The topological polar surface area (TPSA) is 69.7 Å². The van der Waals surface area contributed by atoms with Crippen LogP contribution in [-0.4, -0.2) is 34.8 Å². The predicted octanol–water partition coefficient (Wildman–Crippen LogP) is 1.04. The lowest BCUT2D eigenvalue weighted by Crippen LogP contribution is -2.33. The summed E-state index contributed by atoms with van der Waals surface area (Å²) in [5.74, 6) is -0.751. The Hall–Kier alpha value is -1.86. The van der Waals surface area contributed by atoms with Gasteiger partial charge in [-0.05, 0) is 23.8 Å². The van der Waals surface area contributed by atoms with Crippen LogP contribution in [0.25, 0.3) is 6.08 Å². The molecule has 21 heavy (non-hydrogen) atoms. The van der Waals surface area contributed by atoms with Crippen molar-refractivity contribution in [1.82, 2.24) is 4.90 Å². The molecule has 1 heterocycles. The van der Waals surface area contributed by atoms with E-state index in [4.69, 9.17) is 17.0 Å². The summed E-state index contributed by atoms with van der Waals surface area (Å²) in [5.41, 5.74) is 0.844. The van der Waals surface area contributed by atoms with Crippen molar-refractivity contribution >= 4 is 46.3 Å². The molecule has 1 aliphatic rings. The van der Waals surface area contributed by atoms with E-state index in [0.717, 1.165) is 23.1 Å². The average Bonchev–Trinajstić information content (AvgIpc) is 2.72. The van der Waals surface area contributed by atoms with E-state index in [2.05, 4.69) is 0 Å². The van der Waals surface area contributed by atoms with E-state index in [9.17, 15) is 14.7 Å². The lowest BCUT2D eigenvalue weighted by molar-refractivity contribution is -0.305. The number of hydrogen-bond acceptors (Lipinski definition) is 6. The molecule has 0 spiro atoms.